The van der Waals surface area contributed by atoms with Gasteiger partial charge in [-0.15, -0.1) is 0 Å². The van der Waals surface area contributed by atoms with E-state index < -0.39 is 12.0 Å². The molecule has 0 aliphatic rings. The predicted octanol–water partition coefficient (Wildman–Crippen LogP) is 0.112. The summed E-state index contributed by atoms with van der Waals surface area (Å²) in [4.78, 5) is 10.1. The molecule has 0 radical (unpaired) electrons. The van der Waals surface area contributed by atoms with E-state index in [0.29, 0.717) is 5.75 Å². The zero-order valence-electron chi connectivity index (χ0n) is 5.63. The normalized spacial score (nSPS) is 11.4. The van der Waals surface area contributed by atoms with Crippen LogP contribution in [0, 0.1) is 11.2 Å². The van der Waals surface area contributed by atoms with Crippen LogP contribution in [0.15, 0.2) is 0 Å². The van der Waals surface area contributed by atoms with Gasteiger partial charge in [-0.3, -0.25) is 4.79 Å². The fraction of sp³-hybridized carbons (Fsp3) is 0.500. The van der Waals surface area contributed by atoms with Crippen molar-refractivity contribution >= 4 is 17.7 Å². The van der Waals surface area contributed by atoms with Gasteiger partial charge in [-0.2, -0.15) is 0 Å². The molecule has 0 aromatic heterocycles. The molecule has 56 valence electrons. The summed E-state index contributed by atoms with van der Waals surface area (Å²) in [6.07, 6.45) is 0. The minimum absolute atomic E-state index is 0.343. The van der Waals surface area contributed by atoms with Crippen molar-refractivity contribution in [1.29, 1.82) is 0 Å². The van der Waals surface area contributed by atoms with Gasteiger partial charge in [0.1, 0.15) is 6.04 Å². The Morgan fingerprint density at radius 1 is 1.90 bits per heavy atom. The lowest BCUT2D eigenvalue weighted by Crippen LogP contribution is -2.32. The lowest BCUT2D eigenvalue weighted by Gasteiger charge is -1.99. The summed E-state index contributed by atoms with van der Waals surface area (Å²) in [7, 11) is 0. The van der Waals surface area contributed by atoms with Crippen LogP contribution < -0.4 is 5.73 Å². The maximum absolute atomic E-state index is 10.1. The summed E-state index contributed by atoms with van der Waals surface area (Å²) in [5.41, 5.74) is 5.17. The molecular formula is C6H9NO2S. The standard InChI is InChI=1S/C6H9NO2S/c1-2-3-10-4-5(7)6(8)9/h5H,4,7H2,1H3,(H,8,9)/t5-/m0/s1. The van der Waals surface area contributed by atoms with Crippen molar-refractivity contribution in [1.82, 2.24) is 0 Å². The van der Waals surface area contributed by atoms with Crippen LogP contribution in [-0.2, 0) is 4.79 Å². The van der Waals surface area contributed by atoms with Crippen LogP contribution in [0.2, 0.25) is 0 Å². The lowest BCUT2D eigenvalue weighted by atomic mass is 10.4. The average molecular weight is 159 g/mol. The van der Waals surface area contributed by atoms with Crippen LogP contribution >= 0.6 is 11.8 Å². The average Bonchev–Trinajstić information content (AvgIpc) is 1.88. The van der Waals surface area contributed by atoms with Crippen LogP contribution in [0.4, 0.5) is 0 Å². The molecule has 3 N–H and O–H groups in total. The van der Waals surface area contributed by atoms with Crippen LogP contribution in [0.5, 0.6) is 0 Å². The van der Waals surface area contributed by atoms with Crippen molar-refractivity contribution < 1.29 is 9.90 Å². The minimum Gasteiger partial charge on any atom is -0.480 e. The maximum atomic E-state index is 10.1. The molecule has 0 rings (SSSR count). The van der Waals surface area contributed by atoms with Crippen molar-refractivity contribution in [3.05, 3.63) is 0 Å². The second kappa shape index (κ2) is 5.15. The van der Waals surface area contributed by atoms with E-state index >= 15 is 0 Å². The first kappa shape index (κ1) is 9.34. The maximum Gasteiger partial charge on any atom is 0.321 e. The molecule has 3 nitrogen and oxygen atoms in total. The predicted molar refractivity (Wildman–Crippen MR) is 41.5 cm³/mol. The van der Waals surface area contributed by atoms with Gasteiger partial charge in [0.2, 0.25) is 0 Å². The quantitative estimate of drug-likeness (QED) is 0.574. The molecule has 0 aliphatic carbocycles. The zero-order chi connectivity index (χ0) is 7.98. The van der Waals surface area contributed by atoms with Crippen molar-refractivity contribution in [2.45, 2.75) is 13.0 Å². The van der Waals surface area contributed by atoms with Crippen molar-refractivity contribution in [3.8, 4) is 11.2 Å². The molecule has 0 saturated heterocycles. The molecule has 0 bridgehead atoms. The third-order valence-electron chi connectivity index (χ3n) is 0.754. The molecule has 4 heteroatoms. The zero-order valence-corrected chi connectivity index (χ0v) is 6.44. The second-order valence-corrected chi connectivity index (χ2v) is 2.43. The molecule has 0 fully saturated rings. The fourth-order valence-corrected chi connectivity index (χ4v) is 0.825. The van der Waals surface area contributed by atoms with Gasteiger partial charge in [-0.05, 0) is 12.2 Å². The molecular weight excluding hydrogens is 150 g/mol. The number of carboxylic acids is 1. The van der Waals surface area contributed by atoms with E-state index in [9.17, 15) is 4.79 Å². The first-order valence-corrected chi connectivity index (χ1v) is 3.69. The summed E-state index contributed by atoms with van der Waals surface area (Å²) in [5.74, 6) is 1.99. The van der Waals surface area contributed by atoms with Gasteiger partial charge in [-0.1, -0.05) is 17.7 Å². The van der Waals surface area contributed by atoms with E-state index in [2.05, 4.69) is 11.2 Å². The molecule has 0 unspecified atom stereocenters. The van der Waals surface area contributed by atoms with Gasteiger partial charge >= 0.3 is 5.97 Å². The van der Waals surface area contributed by atoms with Gasteiger partial charge in [0.05, 0.1) is 0 Å². The molecule has 0 aromatic carbocycles. The van der Waals surface area contributed by atoms with Crippen LogP contribution in [-0.4, -0.2) is 22.9 Å². The Kier molecular flexibility index (Phi) is 4.81. The summed E-state index contributed by atoms with van der Waals surface area (Å²) < 4.78 is 0. The van der Waals surface area contributed by atoms with Crippen molar-refractivity contribution in [3.63, 3.8) is 0 Å². The molecule has 0 heterocycles. The SMILES string of the molecule is CC#CSC[C@H](N)C(=O)O. The van der Waals surface area contributed by atoms with E-state index in [4.69, 9.17) is 10.8 Å². The van der Waals surface area contributed by atoms with Gasteiger partial charge in [-0.25, -0.2) is 0 Å². The van der Waals surface area contributed by atoms with Crippen molar-refractivity contribution in [2.75, 3.05) is 5.75 Å². The highest BCUT2D eigenvalue weighted by atomic mass is 32.2. The van der Waals surface area contributed by atoms with Gasteiger partial charge in [0.15, 0.2) is 0 Å². The van der Waals surface area contributed by atoms with Gasteiger partial charge in [0, 0.05) is 5.75 Å². The number of aliphatic carboxylic acids is 1. The third kappa shape index (κ3) is 4.24. The van der Waals surface area contributed by atoms with Crippen LogP contribution in [0.3, 0.4) is 0 Å². The van der Waals surface area contributed by atoms with Crippen LogP contribution in [0.1, 0.15) is 6.92 Å². The highest BCUT2D eigenvalue weighted by molar-refractivity contribution is 8.03. The largest absolute Gasteiger partial charge is 0.480 e. The molecule has 0 amide bonds. The second-order valence-electron chi connectivity index (χ2n) is 1.61. The number of carbonyl (C=O) groups is 1. The number of carboxylic acid groups (broad SMARTS) is 1. The van der Waals surface area contributed by atoms with E-state index in [1.807, 2.05) is 0 Å². The first-order chi connectivity index (χ1) is 4.68. The Hall–Kier alpha value is -0.660. The van der Waals surface area contributed by atoms with E-state index in [1.165, 1.54) is 11.8 Å². The topological polar surface area (TPSA) is 63.3 Å². The number of rotatable bonds is 3. The smallest absolute Gasteiger partial charge is 0.321 e. The Labute approximate surface area is 64.0 Å². The van der Waals surface area contributed by atoms with E-state index in [-0.39, 0.29) is 0 Å². The van der Waals surface area contributed by atoms with Gasteiger partial charge < -0.3 is 10.8 Å². The molecule has 0 saturated carbocycles. The number of hydrogen-bond donors (Lipinski definition) is 2. The van der Waals surface area contributed by atoms with Crippen molar-refractivity contribution in [2.24, 2.45) is 5.73 Å². The number of nitrogens with two attached hydrogens (primary N) is 1. The Morgan fingerprint density at radius 3 is 2.90 bits per heavy atom. The fourth-order valence-electron chi connectivity index (χ4n) is 0.275. The van der Waals surface area contributed by atoms with Crippen LogP contribution in [0.25, 0.3) is 0 Å². The highest BCUT2D eigenvalue weighted by Crippen LogP contribution is 1.97. The summed E-state index contributed by atoms with van der Waals surface area (Å²) in [5, 5.41) is 11.0. The van der Waals surface area contributed by atoms with E-state index in [1.54, 1.807) is 6.92 Å². The summed E-state index contributed by atoms with van der Waals surface area (Å²) >= 11 is 1.22. The molecule has 10 heavy (non-hydrogen) atoms. The first-order valence-electron chi connectivity index (χ1n) is 2.70. The molecule has 0 aromatic rings. The molecule has 1 atom stereocenters. The molecule has 0 spiro atoms. The van der Waals surface area contributed by atoms with E-state index in [0.717, 1.165) is 0 Å². The summed E-state index contributed by atoms with van der Waals surface area (Å²) in [6, 6.07) is -0.800. The number of thioether (sulfide) groups is 1. The van der Waals surface area contributed by atoms with Gasteiger partial charge in [0.25, 0.3) is 0 Å². The Balaban J connectivity index is 3.46. The summed E-state index contributed by atoms with van der Waals surface area (Å²) in [6.45, 7) is 1.69. The highest BCUT2D eigenvalue weighted by Gasteiger charge is 2.09. The number of hydrogen-bond acceptors (Lipinski definition) is 3. The third-order valence-corrected chi connectivity index (χ3v) is 1.63. The lowest BCUT2D eigenvalue weighted by molar-refractivity contribution is -0.137. The monoisotopic (exact) mass is 159 g/mol. The minimum atomic E-state index is -0.981. The molecule has 0 aliphatic heterocycles. The Bertz CT molecular complexity index is 170. The Morgan fingerprint density at radius 2 is 2.50 bits per heavy atom.